The number of aryl methyl sites for hydroxylation is 1. The van der Waals surface area contributed by atoms with Crippen molar-refractivity contribution in [3.63, 3.8) is 0 Å². The van der Waals surface area contributed by atoms with Gasteiger partial charge in [0.15, 0.2) is 0 Å². The molecule has 0 bridgehead atoms. The zero-order valence-corrected chi connectivity index (χ0v) is 11.6. The van der Waals surface area contributed by atoms with Crippen LogP contribution in [0.5, 0.6) is 0 Å². The number of hydrogen-bond donors (Lipinski definition) is 1. The highest BCUT2D eigenvalue weighted by Crippen LogP contribution is 2.35. The van der Waals surface area contributed by atoms with Crippen LogP contribution in [-0.2, 0) is 0 Å². The van der Waals surface area contributed by atoms with E-state index in [0.717, 1.165) is 9.79 Å². The second-order valence-corrected chi connectivity index (χ2v) is 5.69. The van der Waals surface area contributed by atoms with Crippen LogP contribution in [0.1, 0.15) is 5.56 Å². The Balaban J connectivity index is 2.33. The van der Waals surface area contributed by atoms with Crippen LogP contribution in [0.4, 0.5) is 10.1 Å². The second kappa shape index (κ2) is 5.10. The van der Waals surface area contributed by atoms with Crippen molar-refractivity contribution in [1.29, 1.82) is 0 Å². The summed E-state index contributed by atoms with van der Waals surface area (Å²) in [5.74, 6) is -0.297. The first-order chi connectivity index (χ1) is 8.06. The highest BCUT2D eigenvalue weighted by Gasteiger charge is 2.07. The molecule has 0 aliphatic heterocycles. The third-order valence-corrected chi connectivity index (χ3v) is 3.94. The van der Waals surface area contributed by atoms with Crippen molar-refractivity contribution >= 4 is 33.4 Å². The average molecular weight is 312 g/mol. The summed E-state index contributed by atoms with van der Waals surface area (Å²) in [5, 5.41) is 0. The molecule has 0 fully saturated rings. The van der Waals surface area contributed by atoms with Gasteiger partial charge in [-0.05, 0) is 47.1 Å². The molecule has 2 aromatic rings. The van der Waals surface area contributed by atoms with Crippen molar-refractivity contribution in [2.75, 3.05) is 5.73 Å². The Morgan fingerprint density at radius 1 is 1.24 bits per heavy atom. The third-order valence-electron chi connectivity index (χ3n) is 2.27. The maximum absolute atomic E-state index is 13.4. The van der Waals surface area contributed by atoms with Crippen molar-refractivity contribution in [1.82, 2.24) is 0 Å². The molecule has 4 heteroatoms. The number of nitrogen functional groups attached to an aromatic ring is 1. The molecule has 2 N–H and O–H groups in total. The Morgan fingerprint density at radius 3 is 2.71 bits per heavy atom. The minimum absolute atomic E-state index is 0.297. The first-order valence-electron chi connectivity index (χ1n) is 5.05. The van der Waals surface area contributed by atoms with Crippen LogP contribution in [0.25, 0.3) is 0 Å². The van der Waals surface area contributed by atoms with Crippen LogP contribution in [0.15, 0.2) is 50.7 Å². The zero-order chi connectivity index (χ0) is 12.4. The van der Waals surface area contributed by atoms with Crippen LogP contribution in [0.3, 0.4) is 0 Å². The number of halogens is 2. The highest BCUT2D eigenvalue weighted by atomic mass is 79.9. The molecule has 0 saturated heterocycles. The molecule has 2 aromatic carbocycles. The van der Waals surface area contributed by atoms with E-state index < -0.39 is 0 Å². The minimum atomic E-state index is -0.297. The van der Waals surface area contributed by atoms with Crippen LogP contribution >= 0.6 is 27.7 Å². The molecule has 1 nitrogen and oxygen atoms in total. The van der Waals surface area contributed by atoms with Crippen LogP contribution in [0, 0.1) is 12.7 Å². The first kappa shape index (κ1) is 12.5. The number of hydrogen-bond acceptors (Lipinski definition) is 2. The quantitative estimate of drug-likeness (QED) is 0.818. The molecular weight excluding hydrogens is 301 g/mol. The molecule has 0 spiro atoms. The lowest BCUT2D eigenvalue weighted by Crippen LogP contribution is -1.91. The van der Waals surface area contributed by atoms with Gasteiger partial charge in [-0.2, -0.15) is 0 Å². The summed E-state index contributed by atoms with van der Waals surface area (Å²) in [6.07, 6.45) is 0. The molecule has 0 atom stereocenters. The van der Waals surface area contributed by atoms with Gasteiger partial charge >= 0.3 is 0 Å². The number of rotatable bonds is 2. The predicted molar refractivity (Wildman–Crippen MR) is 73.8 cm³/mol. The largest absolute Gasteiger partial charge is 0.398 e. The summed E-state index contributed by atoms with van der Waals surface area (Å²) in [5.41, 5.74) is 7.60. The van der Waals surface area contributed by atoms with E-state index in [0.29, 0.717) is 10.2 Å². The summed E-state index contributed by atoms with van der Waals surface area (Å²) >= 11 is 4.58. The normalized spacial score (nSPS) is 10.5. The zero-order valence-electron chi connectivity index (χ0n) is 9.21. The van der Waals surface area contributed by atoms with Gasteiger partial charge in [-0.1, -0.05) is 29.5 Å². The fraction of sp³-hybridized carbons (Fsp3) is 0.0769. The van der Waals surface area contributed by atoms with Gasteiger partial charge < -0.3 is 5.73 Å². The van der Waals surface area contributed by atoms with Gasteiger partial charge in [-0.3, -0.25) is 0 Å². The predicted octanol–water partition coefficient (Wildman–Crippen LogP) is 4.63. The van der Waals surface area contributed by atoms with Gasteiger partial charge in [0.2, 0.25) is 0 Å². The van der Waals surface area contributed by atoms with Crippen molar-refractivity contribution < 1.29 is 4.39 Å². The molecule has 0 aliphatic carbocycles. The fourth-order valence-corrected chi connectivity index (χ4v) is 2.78. The Labute approximate surface area is 112 Å². The molecule has 0 radical (unpaired) electrons. The lowest BCUT2D eigenvalue weighted by Gasteiger charge is -2.07. The molecule has 0 aliphatic rings. The van der Waals surface area contributed by atoms with E-state index in [4.69, 9.17) is 5.73 Å². The topological polar surface area (TPSA) is 26.0 Å². The monoisotopic (exact) mass is 311 g/mol. The van der Waals surface area contributed by atoms with E-state index in [-0.39, 0.29) is 5.82 Å². The fourth-order valence-electron chi connectivity index (χ4n) is 1.44. The molecular formula is C13H11BrFNS. The van der Waals surface area contributed by atoms with Gasteiger partial charge in [0.1, 0.15) is 5.82 Å². The Hall–Kier alpha value is -1.00. The SMILES string of the molecule is Cc1cccc(Sc2cc(F)c(Br)cc2N)c1. The molecule has 0 amide bonds. The molecule has 0 saturated carbocycles. The van der Waals surface area contributed by atoms with Crippen molar-refractivity contribution in [3.8, 4) is 0 Å². The van der Waals surface area contributed by atoms with Crippen molar-refractivity contribution in [2.24, 2.45) is 0 Å². The van der Waals surface area contributed by atoms with Gasteiger partial charge in [-0.15, -0.1) is 0 Å². The van der Waals surface area contributed by atoms with E-state index in [2.05, 4.69) is 15.9 Å². The maximum Gasteiger partial charge on any atom is 0.138 e. The summed E-state index contributed by atoms with van der Waals surface area (Å²) in [7, 11) is 0. The summed E-state index contributed by atoms with van der Waals surface area (Å²) in [4.78, 5) is 1.79. The summed E-state index contributed by atoms with van der Waals surface area (Å²) in [6.45, 7) is 2.02. The maximum atomic E-state index is 13.4. The van der Waals surface area contributed by atoms with Crippen LogP contribution < -0.4 is 5.73 Å². The van der Waals surface area contributed by atoms with E-state index in [9.17, 15) is 4.39 Å². The Bertz CT molecular complexity index is 557. The van der Waals surface area contributed by atoms with E-state index in [1.807, 2.05) is 31.2 Å². The highest BCUT2D eigenvalue weighted by molar-refractivity contribution is 9.10. The average Bonchev–Trinajstić information content (AvgIpc) is 2.26. The second-order valence-electron chi connectivity index (χ2n) is 3.72. The molecule has 2 rings (SSSR count). The molecule has 17 heavy (non-hydrogen) atoms. The Kier molecular flexibility index (Phi) is 3.74. The first-order valence-corrected chi connectivity index (χ1v) is 6.66. The molecule has 0 heterocycles. The van der Waals surface area contributed by atoms with Gasteiger partial charge in [0.05, 0.1) is 4.47 Å². The van der Waals surface area contributed by atoms with Crippen molar-refractivity contribution in [2.45, 2.75) is 16.7 Å². The molecule has 88 valence electrons. The number of anilines is 1. The van der Waals surface area contributed by atoms with Gasteiger partial charge in [0.25, 0.3) is 0 Å². The van der Waals surface area contributed by atoms with E-state index >= 15 is 0 Å². The summed E-state index contributed by atoms with van der Waals surface area (Å²) < 4.78 is 13.8. The van der Waals surface area contributed by atoms with Gasteiger partial charge in [-0.25, -0.2) is 4.39 Å². The number of nitrogens with two attached hydrogens (primary N) is 1. The lowest BCUT2D eigenvalue weighted by molar-refractivity contribution is 0.618. The Morgan fingerprint density at radius 2 is 2.00 bits per heavy atom. The summed E-state index contributed by atoms with van der Waals surface area (Å²) in [6, 6.07) is 11.1. The minimum Gasteiger partial charge on any atom is -0.398 e. The molecule has 0 unspecified atom stereocenters. The standard InChI is InChI=1S/C13H11BrFNS/c1-8-3-2-4-9(5-8)17-13-7-11(15)10(14)6-12(13)16/h2-7H,16H2,1H3. The van der Waals surface area contributed by atoms with Crippen molar-refractivity contribution in [3.05, 3.63) is 52.3 Å². The van der Waals surface area contributed by atoms with E-state index in [1.54, 1.807) is 6.07 Å². The van der Waals surface area contributed by atoms with Crippen LogP contribution in [-0.4, -0.2) is 0 Å². The smallest absolute Gasteiger partial charge is 0.138 e. The number of benzene rings is 2. The third kappa shape index (κ3) is 3.01. The lowest BCUT2D eigenvalue weighted by atomic mass is 10.2. The van der Waals surface area contributed by atoms with Crippen LogP contribution in [0.2, 0.25) is 0 Å². The van der Waals surface area contributed by atoms with E-state index in [1.165, 1.54) is 23.4 Å². The van der Waals surface area contributed by atoms with Gasteiger partial charge in [0, 0.05) is 15.5 Å². The molecule has 0 aromatic heterocycles.